The number of methoxy groups -OCH3 is 1. The molecule has 2 aromatic rings. The van der Waals surface area contributed by atoms with Gasteiger partial charge in [-0.25, -0.2) is 13.4 Å². The minimum absolute atomic E-state index is 0.00560. The number of likely N-dealkylation sites (N-methyl/N-ethyl adjacent to an activating group) is 1. The van der Waals surface area contributed by atoms with E-state index in [1.165, 1.54) is 15.8 Å². The summed E-state index contributed by atoms with van der Waals surface area (Å²) in [5, 5.41) is 0.00560. The van der Waals surface area contributed by atoms with Gasteiger partial charge in [-0.1, -0.05) is 13.0 Å². The molecule has 0 fully saturated rings. The van der Waals surface area contributed by atoms with Gasteiger partial charge in [-0.05, 0) is 12.1 Å². The number of nitrogens with two attached hydrogens (primary N) is 1. The summed E-state index contributed by atoms with van der Waals surface area (Å²) in [5.74, 6) is 0.00654. The number of ether oxygens (including phenoxy) is 1. The number of imidazole rings is 1. The van der Waals surface area contributed by atoms with E-state index in [0.717, 1.165) is 0 Å². The standard InChI is InChI=1S/C12H18N4O3S/c1-3-15(8-9-19-2)20(17,18)12-11(13)14-10-6-4-5-7-16(10)12/h4-7H,3,8-9,13H2,1-2H3. The molecule has 0 unspecified atom stereocenters. The molecule has 110 valence electrons. The number of pyridine rings is 1. The molecule has 0 saturated carbocycles. The first-order valence-corrected chi connectivity index (χ1v) is 7.68. The molecule has 7 nitrogen and oxygen atoms in total. The highest BCUT2D eigenvalue weighted by atomic mass is 32.2. The maximum absolute atomic E-state index is 12.7. The Kier molecular flexibility index (Phi) is 4.26. The molecule has 0 amide bonds. The third-order valence-electron chi connectivity index (χ3n) is 2.99. The van der Waals surface area contributed by atoms with Crippen LogP contribution in [0.5, 0.6) is 0 Å². The van der Waals surface area contributed by atoms with Crippen LogP contribution in [0, 0.1) is 0 Å². The van der Waals surface area contributed by atoms with Crippen LogP contribution in [0.1, 0.15) is 6.92 Å². The minimum Gasteiger partial charge on any atom is -0.383 e. The van der Waals surface area contributed by atoms with Crippen molar-refractivity contribution in [1.82, 2.24) is 13.7 Å². The maximum Gasteiger partial charge on any atom is 0.262 e. The van der Waals surface area contributed by atoms with E-state index in [2.05, 4.69) is 4.98 Å². The van der Waals surface area contributed by atoms with Gasteiger partial charge in [0.05, 0.1) is 6.61 Å². The van der Waals surface area contributed by atoms with Crippen molar-refractivity contribution in [1.29, 1.82) is 0 Å². The molecule has 0 saturated heterocycles. The van der Waals surface area contributed by atoms with Gasteiger partial charge in [-0.2, -0.15) is 4.31 Å². The molecule has 0 atom stereocenters. The highest BCUT2D eigenvalue weighted by Crippen LogP contribution is 2.23. The average molecular weight is 298 g/mol. The fourth-order valence-corrected chi connectivity index (χ4v) is 3.62. The number of anilines is 1. The summed E-state index contributed by atoms with van der Waals surface area (Å²) in [4.78, 5) is 4.08. The van der Waals surface area contributed by atoms with Crippen LogP contribution >= 0.6 is 0 Å². The number of nitrogen functional groups attached to an aromatic ring is 1. The van der Waals surface area contributed by atoms with Crippen LogP contribution in [0.3, 0.4) is 0 Å². The summed E-state index contributed by atoms with van der Waals surface area (Å²) in [6.45, 7) is 2.70. The van der Waals surface area contributed by atoms with Crippen molar-refractivity contribution >= 4 is 21.5 Å². The number of aromatic nitrogens is 2. The first-order valence-electron chi connectivity index (χ1n) is 6.24. The Labute approximate surface area is 118 Å². The number of hydrogen-bond donors (Lipinski definition) is 1. The van der Waals surface area contributed by atoms with E-state index in [1.807, 2.05) is 0 Å². The highest BCUT2D eigenvalue weighted by molar-refractivity contribution is 7.89. The van der Waals surface area contributed by atoms with Gasteiger partial charge in [0.1, 0.15) is 5.65 Å². The lowest BCUT2D eigenvalue weighted by Crippen LogP contribution is -2.34. The molecule has 0 aliphatic rings. The first-order chi connectivity index (χ1) is 9.52. The van der Waals surface area contributed by atoms with Crippen LogP contribution in [-0.4, -0.2) is 48.9 Å². The number of sulfonamides is 1. The molecule has 0 aliphatic carbocycles. The Morgan fingerprint density at radius 3 is 2.85 bits per heavy atom. The molecule has 0 spiro atoms. The summed E-state index contributed by atoms with van der Waals surface area (Å²) >= 11 is 0. The second-order valence-corrected chi connectivity index (χ2v) is 6.07. The van der Waals surface area contributed by atoms with Gasteiger partial charge >= 0.3 is 0 Å². The maximum atomic E-state index is 12.7. The van der Waals surface area contributed by atoms with E-state index >= 15 is 0 Å². The van der Waals surface area contributed by atoms with Crippen molar-refractivity contribution in [2.24, 2.45) is 0 Å². The Morgan fingerprint density at radius 1 is 1.45 bits per heavy atom. The van der Waals surface area contributed by atoms with Gasteiger partial charge in [0.15, 0.2) is 10.8 Å². The summed E-state index contributed by atoms with van der Waals surface area (Å²) in [6.07, 6.45) is 1.63. The van der Waals surface area contributed by atoms with Crippen molar-refractivity contribution in [2.75, 3.05) is 32.5 Å². The van der Waals surface area contributed by atoms with Crippen molar-refractivity contribution < 1.29 is 13.2 Å². The largest absolute Gasteiger partial charge is 0.383 e. The Balaban J connectivity index is 2.53. The second-order valence-electron chi connectivity index (χ2n) is 4.22. The summed E-state index contributed by atoms with van der Waals surface area (Å²) < 4.78 is 33.1. The molecule has 0 radical (unpaired) electrons. The number of rotatable bonds is 6. The lowest BCUT2D eigenvalue weighted by molar-refractivity contribution is 0.180. The van der Waals surface area contributed by atoms with E-state index < -0.39 is 10.0 Å². The van der Waals surface area contributed by atoms with Crippen molar-refractivity contribution in [3.8, 4) is 0 Å². The predicted molar refractivity (Wildman–Crippen MR) is 75.9 cm³/mol. The predicted octanol–water partition coefficient (Wildman–Crippen LogP) is 0.573. The fraction of sp³-hybridized carbons (Fsp3) is 0.417. The molecule has 20 heavy (non-hydrogen) atoms. The highest BCUT2D eigenvalue weighted by Gasteiger charge is 2.29. The first kappa shape index (κ1) is 14.8. The van der Waals surface area contributed by atoms with Gasteiger partial charge in [0.2, 0.25) is 0 Å². The molecule has 2 heterocycles. The Morgan fingerprint density at radius 2 is 2.20 bits per heavy atom. The third-order valence-corrected chi connectivity index (χ3v) is 5.01. The summed E-state index contributed by atoms with van der Waals surface area (Å²) in [7, 11) is -2.18. The molecule has 0 aromatic carbocycles. The zero-order chi connectivity index (χ0) is 14.8. The van der Waals surface area contributed by atoms with E-state index in [-0.39, 0.29) is 17.4 Å². The molecule has 0 bridgehead atoms. The van der Waals surface area contributed by atoms with Crippen LogP contribution in [0.15, 0.2) is 29.4 Å². The topological polar surface area (TPSA) is 89.9 Å². The molecule has 2 N–H and O–H groups in total. The van der Waals surface area contributed by atoms with E-state index in [1.54, 1.807) is 31.3 Å². The zero-order valence-corrected chi connectivity index (χ0v) is 12.3. The van der Waals surface area contributed by atoms with Crippen molar-refractivity contribution in [3.05, 3.63) is 24.4 Å². The van der Waals surface area contributed by atoms with Gasteiger partial charge in [-0.15, -0.1) is 0 Å². The monoisotopic (exact) mass is 298 g/mol. The van der Waals surface area contributed by atoms with Crippen LogP contribution in [0.4, 0.5) is 5.82 Å². The van der Waals surface area contributed by atoms with E-state index in [0.29, 0.717) is 18.8 Å². The molecule has 2 aromatic heterocycles. The SMILES string of the molecule is CCN(CCOC)S(=O)(=O)c1c(N)nc2ccccn12. The van der Waals surface area contributed by atoms with Crippen molar-refractivity contribution in [3.63, 3.8) is 0 Å². The Bertz CT molecular complexity index is 696. The normalized spacial score (nSPS) is 12.3. The van der Waals surface area contributed by atoms with Gasteiger partial charge in [-0.3, -0.25) is 4.40 Å². The van der Waals surface area contributed by atoms with E-state index in [4.69, 9.17) is 10.5 Å². The molecular weight excluding hydrogens is 280 g/mol. The fourth-order valence-electron chi connectivity index (χ4n) is 2.01. The van der Waals surface area contributed by atoms with Gasteiger partial charge in [0.25, 0.3) is 10.0 Å². The Hall–Kier alpha value is -1.64. The quantitative estimate of drug-likeness (QED) is 0.842. The number of nitrogens with zero attached hydrogens (tertiary/aromatic N) is 3. The number of hydrogen-bond acceptors (Lipinski definition) is 5. The van der Waals surface area contributed by atoms with Crippen LogP contribution in [0.25, 0.3) is 5.65 Å². The molecule has 8 heteroatoms. The van der Waals surface area contributed by atoms with Crippen LogP contribution in [0.2, 0.25) is 0 Å². The second kappa shape index (κ2) is 5.78. The van der Waals surface area contributed by atoms with Gasteiger partial charge < -0.3 is 10.5 Å². The minimum atomic E-state index is -3.71. The summed E-state index contributed by atoms with van der Waals surface area (Å²) in [6, 6.07) is 5.22. The van der Waals surface area contributed by atoms with Crippen LogP contribution in [-0.2, 0) is 14.8 Å². The lowest BCUT2D eigenvalue weighted by atomic mass is 10.5. The molecule has 0 aliphatic heterocycles. The third kappa shape index (κ3) is 2.49. The van der Waals surface area contributed by atoms with Crippen LogP contribution < -0.4 is 5.73 Å². The van der Waals surface area contributed by atoms with Crippen molar-refractivity contribution in [2.45, 2.75) is 11.9 Å². The lowest BCUT2D eigenvalue weighted by Gasteiger charge is -2.19. The summed E-state index contributed by atoms with van der Waals surface area (Å²) in [5.41, 5.74) is 6.30. The smallest absolute Gasteiger partial charge is 0.262 e. The molecule has 2 rings (SSSR count). The zero-order valence-electron chi connectivity index (χ0n) is 11.5. The van der Waals surface area contributed by atoms with Gasteiger partial charge in [0, 0.05) is 26.4 Å². The molecular formula is C12H18N4O3S. The number of fused-ring (bicyclic) bond motifs is 1. The average Bonchev–Trinajstić information content (AvgIpc) is 2.75. The van der Waals surface area contributed by atoms with E-state index in [9.17, 15) is 8.42 Å².